The normalized spacial score (nSPS) is 10.3. The van der Waals surface area contributed by atoms with Crippen LogP contribution in [0.3, 0.4) is 0 Å². The van der Waals surface area contributed by atoms with Gasteiger partial charge in [0.15, 0.2) is 0 Å². The lowest BCUT2D eigenvalue weighted by Gasteiger charge is -2.09. The first-order valence-electron chi connectivity index (χ1n) is 5.05. The van der Waals surface area contributed by atoms with Crippen LogP contribution in [0.5, 0.6) is 0 Å². The first kappa shape index (κ1) is 14.8. The Morgan fingerprint density at radius 1 is 1.16 bits per heavy atom. The lowest BCUT2D eigenvalue weighted by Crippen LogP contribution is -2.12. The summed E-state index contributed by atoms with van der Waals surface area (Å²) in [5, 5.41) is 3.34. The monoisotopic (exact) mass is 422 g/mol. The molecule has 7 heteroatoms. The van der Waals surface area contributed by atoms with Gasteiger partial charge < -0.3 is 5.32 Å². The van der Waals surface area contributed by atoms with Crippen molar-refractivity contribution in [2.45, 2.75) is 0 Å². The number of hydrogen-bond donors (Lipinski definition) is 1. The van der Waals surface area contributed by atoms with Gasteiger partial charge in [0.05, 0.1) is 15.7 Å². The minimum Gasteiger partial charge on any atom is -0.321 e. The van der Waals surface area contributed by atoms with E-state index in [1.807, 2.05) is 0 Å². The number of halogens is 4. The topological polar surface area (TPSA) is 42.0 Å². The molecule has 1 N–H and O–H groups in total. The van der Waals surface area contributed by atoms with Gasteiger partial charge in [-0.15, -0.1) is 0 Å². The predicted molar refractivity (Wildman–Crippen MR) is 84.1 cm³/mol. The Morgan fingerprint density at radius 2 is 1.89 bits per heavy atom. The number of pyridine rings is 1. The average molecular weight is 425 g/mol. The number of aromatic nitrogens is 1. The highest BCUT2D eigenvalue weighted by molar-refractivity contribution is 9.10. The van der Waals surface area contributed by atoms with Gasteiger partial charge in [-0.1, -0.05) is 23.2 Å². The van der Waals surface area contributed by atoms with Crippen LogP contribution in [0.15, 0.2) is 39.5 Å². The third kappa shape index (κ3) is 3.48. The maximum atomic E-state index is 12.0. The number of benzene rings is 1. The van der Waals surface area contributed by atoms with Crippen molar-refractivity contribution in [2.75, 3.05) is 5.32 Å². The van der Waals surface area contributed by atoms with Crippen molar-refractivity contribution in [1.82, 2.24) is 4.98 Å². The SMILES string of the molecule is O=C(Nc1ccc(Br)c(Cl)c1Cl)c1ccnc(Br)c1. The maximum Gasteiger partial charge on any atom is 0.255 e. The van der Waals surface area contributed by atoms with Crippen LogP contribution in [0.2, 0.25) is 10.0 Å². The summed E-state index contributed by atoms with van der Waals surface area (Å²) in [4.78, 5) is 16.0. The lowest BCUT2D eigenvalue weighted by molar-refractivity contribution is 0.102. The van der Waals surface area contributed by atoms with Crippen LogP contribution in [-0.2, 0) is 0 Å². The molecule has 0 spiro atoms. The van der Waals surface area contributed by atoms with Crippen LogP contribution in [0.25, 0.3) is 0 Å². The fraction of sp³-hybridized carbons (Fsp3) is 0. The summed E-state index contributed by atoms with van der Waals surface area (Å²) in [7, 11) is 0. The van der Waals surface area contributed by atoms with E-state index in [9.17, 15) is 4.79 Å². The van der Waals surface area contributed by atoms with Crippen LogP contribution in [0.4, 0.5) is 5.69 Å². The van der Waals surface area contributed by atoms with Gasteiger partial charge >= 0.3 is 0 Å². The minimum atomic E-state index is -0.289. The van der Waals surface area contributed by atoms with E-state index in [0.717, 1.165) is 0 Å². The quantitative estimate of drug-likeness (QED) is 0.534. The molecule has 19 heavy (non-hydrogen) atoms. The third-order valence-electron chi connectivity index (χ3n) is 2.27. The van der Waals surface area contributed by atoms with E-state index < -0.39 is 0 Å². The summed E-state index contributed by atoms with van der Waals surface area (Å²) >= 11 is 18.5. The van der Waals surface area contributed by atoms with Crippen LogP contribution < -0.4 is 5.32 Å². The fourth-order valence-electron chi connectivity index (χ4n) is 1.36. The highest BCUT2D eigenvalue weighted by atomic mass is 79.9. The van der Waals surface area contributed by atoms with Crippen molar-refractivity contribution < 1.29 is 4.79 Å². The maximum absolute atomic E-state index is 12.0. The Bertz CT molecular complexity index is 650. The summed E-state index contributed by atoms with van der Waals surface area (Å²) in [5.74, 6) is -0.289. The van der Waals surface area contributed by atoms with Crippen molar-refractivity contribution in [3.05, 3.63) is 55.1 Å². The van der Waals surface area contributed by atoms with E-state index in [2.05, 4.69) is 42.2 Å². The van der Waals surface area contributed by atoms with Crippen molar-refractivity contribution in [3.63, 3.8) is 0 Å². The van der Waals surface area contributed by atoms with Gasteiger partial charge in [0.1, 0.15) is 4.60 Å². The van der Waals surface area contributed by atoms with Crippen LogP contribution >= 0.6 is 55.1 Å². The summed E-state index contributed by atoms with van der Waals surface area (Å²) in [6.45, 7) is 0. The molecule has 1 aromatic heterocycles. The van der Waals surface area contributed by atoms with Crippen molar-refractivity contribution >= 4 is 66.7 Å². The zero-order valence-corrected chi connectivity index (χ0v) is 13.9. The number of nitrogens with zero attached hydrogens (tertiary/aromatic N) is 1. The zero-order valence-electron chi connectivity index (χ0n) is 9.25. The highest BCUT2D eigenvalue weighted by Gasteiger charge is 2.12. The Kier molecular flexibility index (Phi) is 4.84. The molecule has 0 unspecified atom stereocenters. The van der Waals surface area contributed by atoms with E-state index in [1.165, 1.54) is 6.20 Å². The number of carbonyl (C=O) groups is 1. The van der Waals surface area contributed by atoms with Crippen LogP contribution in [-0.4, -0.2) is 10.9 Å². The second-order valence-electron chi connectivity index (χ2n) is 3.54. The number of carbonyl (C=O) groups excluding carboxylic acids is 1. The molecule has 1 amide bonds. The van der Waals surface area contributed by atoms with Gasteiger partial charge in [0.25, 0.3) is 5.91 Å². The fourth-order valence-corrected chi connectivity index (χ4v) is 2.55. The van der Waals surface area contributed by atoms with Gasteiger partial charge in [-0.2, -0.15) is 0 Å². The van der Waals surface area contributed by atoms with Crippen LogP contribution in [0.1, 0.15) is 10.4 Å². The predicted octanol–water partition coefficient (Wildman–Crippen LogP) is 5.17. The van der Waals surface area contributed by atoms with Gasteiger partial charge in [-0.05, 0) is 56.1 Å². The first-order valence-corrected chi connectivity index (χ1v) is 7.39. The molecule has 0 fully saturated rings. The van der Waals surface area contributed by atoms with Crippen molar-refractivity contribution in [1.29, 1.82) is 0 Å². The van der Waals surface area contributed by atoms with Gasteiger partial charge in [-0.25, -0.2) is 4.98 Å². The molecule has 0 atom stereocenters. The Balaban J connectivity index is 2.27. The van der Waals surface area contributed by atoms with Crippen LogP contribution in [0, 0.1) is 0 Å². The number of hydrogen-bond acceptors (Lipinski definition) is 2. The van der Waals surface area contributed by atoms with Crippen molar-refractivity contribution in [3.8, 4) is 0 Å². The molecule has 0 aliphatic rings. The molecule has 0 bridgehead atoms. The number of nitrogens with one attached hydrogen (secondary N) is 1. The van der Waals surface area contributed by atoms with Gasteiger partial charge in [0, 0.05) is 16.2 Å². The van der Waals surface area contributed by atoms with E-state index in [-0.39, 0.29) is 10.9 Å². The molecule has 98 valence electrons. The molecule has 0 radical (unpaired) electrons. The minimum absolute atomic E-state index is 0.289. The average Bonchev–Trinajstić information content (AvgIpc) is 2.39. The van der Waals surface area contributed by atoms with E-state index in [0.29, 0.717) is 25.3 Å². The zero-order chi connectivity index (χ0) is 14.0. The molecule has 2 rings (SSSR count). The molecule has 0 aliphatic heterocycles. The number of anilines is 1. The summed E-state index contributed by atoms with van der Waals surface area (Å²) in [6.07, 6.45) is 1.54. The van der Waals surface area contributed by atoms with Gasteiger partial charge in [0.2, 0.25) is 0 Å². The summed E-state index contributed by atoms with van der Waals surface area (Å²) in [5.41, 5.74) is 0.921. The number of amides is 1. The second-order valence-corrected chi connectivity index (χ2v) is 5.97. The molecular weight excluding hydrogens is 419 g/mol. The molecule has 0 saturated carbocycles. The molecule has 1 aromatic carbocycles. The second kappa shape index (κ2) is 6.22. The number of rotatable bonds is 2. The van der Waals surface area contributed by atoms with E-state index in [1.54, 1.807) is 24.3 Å². The standard InChI is InChI=1S/C12H6Br2Cl2N2O/c13-7-1-2-8(11(16)10(7)15)18-12(19)6-3-4-17-9(14)5-6/h1-5H,(H,18,19). The molecule has 0 aliphatic carbocycles. The summed E-state index contributed by atoms with van der Waals surface area (Å²) in [6, 6.07) is 6.61. The first-order chi connectivity index (χ1) is 8.99. The Labute approximate surface area is 136 Å². The molecule has 3 nitrogen and oxygen atoms in total. The molecule has 2 aromatic rings. The smallest absolute Gasteiger partial charge is 0.255 e. The Hall–Kier alpha value is -0.620. The van der Waals surface area contributed by atoms with Crippen molar-refractivity contribution in [2.24, 2.45) is 0 Å². The Morgan fingerprint density at radius 3 is 2.58 bits per heavy atom. The van der Waals surface area contributed by atoms with E-state index >= 15 is 0 Å². The molecule has 0 saturated heterocycles. The summed E-state index contributed by atoms with van der Waals surface area (Å²) < 4.78 is 1.25. The molecular formula is C12H6Br2Cl2N2O. The van der Waals surface area contributed by atoms with E-state index in [4.69, 9.17) is 23.2 Å². The lowest BCUT2D eigenvalue weighted by atomic mass is 10.2. The highest BCUT2D eigenvalue weighted by Crippen LogP contribution is 2.35. The third-order valence-corrected chi connectivity index (χ3v) is 4.48. The van der Waals surface area contributed by atoms with Gasteiger partial charge in [-0.3, -0.25) is 4.79 Å². The molecule has 1 heterocycles. The largest absolute Gasteiger partial charge is 0.321 e.